The molecule has 20 heavy (non-hydrogen) atoms. The van der Waals surface area contributed by atoms with Crippen LogP contribution in [-0.4, -0.2) is 34.6 Å². The monoisotopic (exact) mass is 277 g/mol. The minimum Gasteiger partial charge on any atom is -0.478 e. The van der Waals surface area contributed by atoms with Crippen molar-refractivity contribution in [2.24, 2.45) is 0 Å². The van der Waals surface area contributed by atoms with Crippen LogP contribution in [0.3, 0.4) is 0 Å². The first kappa shape index (κ1) is 14.3. The van der Waals surface area contributed by atoms with Crippen molar-refractivity contribution in [3.05, 3.63) is 23.4 Å². The number of aromatic carboxylic acids is 1. The molecule has 0 radical (unpaired) electrons. The average Bonchev–Trinajstić information content (AvgIpc) is 2.73. The number of carbonyl (C=O) groups excluding carboxylic acids is 1. The van der Waals surface area contributed by atoms with Crippen LogP contribution in [0, 0.1) is 0 Å². The predicted molar refractivity (Wildman–Crippen MR) is 74.9 cm³/mol. The van der Waals surface area contributed by atoms with E-state index in [0.717, 1.165) is 0 Å². The number of amides is 1. The zero-order valence-corrected chi connectivity index (χ0v) is 11.9. The molecule has 1 amide bonds. The highest BCUT2D eigenvalue weighted by Gasteiger charge is 2.23. The number of carbonyl (C=O) groups is 2. The van der Waals surface area contributed by atoms with Crippen molar-refractivity contribution in [2.45, 2.75) is 38.6 Å². The molecule has 1 saturated heterocycles. The maximum Gasteiger partial charge on any atom is 0.335 e. The molecular formula is C14H19N3O3. The normalized spacial score (nSPS) is 18.8. The average molecular weight is 277 g/mol. The lowest BCUT2D eigenvalue weighted by molar-refractivity contribution is -0.119. The van der Waals surface area contributed by atoms with Gasteiger partial charge in [-0.05, 0) is 12.1 Å². The summed E-state index contributed by atoms with van der Waals surface area (Å²) in [6, 6.07) is 3.04. The molecule has 2 rings (SSSR count). The SMILES string of the molecule is CC(C)(C)c1cc(C(=O)O)cc(NC2CNC(=O)C2)n1. The van der Waals surface area contributed by atoms with Crippen LogP contribution in [0.25, 0.3) is 0 Å². The fourth-order valence-electron chi connectivity index (χ4n) is 2.03. The first-order valence-corrected chi connectivity index (χ1v) is 6.55. The Morgan fingerprint density at radius 1 is 1.45 bits per heavy atom. The second-order valence-corrected chi connectivity index (χ2v) is 6.03. The van der Waals surface area contributed by atoms with E-state index in [0.29, 0.717) is 24.5 Å². The van der Waals surface area contributed by atoms with Crippen LogP contribution in [-0.2, 0) is 10.2 Å². The number of pyridine rings is 1. The maximum absolute atomic E-state index is 11.2. The molecule has 1 aromatic rings. The zero-order valence-electron chi connectivity index (χ0n) is 11.9. The van der Waals surface area contributed by atoms with Gasteiger partial charge in [-0.25, -0.2) is 9.78 Å². The van der Waals surface area contributed by atoms with Crippen LogP contribution >= 0.6 is 0 Å². The number of carboxylic acids is 1. The van der Waals surface area contributed by atoms with Crippen molar-refractivity contribution < 1.29 is 14.7 Å². The van der Waals surface area contributed by atoms with Crippen LogP contribution < -0.4 is 10.6 Å². The molecule has 108 valence electrons. The second kappa shape index (κ2) is 5.11. The van der Waals surface area contributed by atoms with E-state index in [-0.39, 0.29) is 22.9 Å². The molecule has 2 heterocycles. The van der Waals surface area contributed by atoms with Crippen molar-refractivity contribution in [1.82, 2.24) is 10.3 Å². The first-order valence-electron chi connectivity index (χ1n) is 6.55. The van der Waals surface area contributed by atoms with E-state index >= 15 is 0 Å². The predicted octanol–water partition coefficient (Wildman–Crippen LogP) is 1.38. The molecular weight excluding hydrogens is 258 g/mol. The van der Waals surface area contributed by atoms with Crippen molar-refractivity contribution in [1.29, 1.82) is 0 Å². The topological polar surface area (TPSA) is 91.3 Å². The van der Waals surface area contributed by atoms with Gasteiger partial charge in [-0.1, -0.05) is 20.8 Å². The van der Waals surface area contributed by atoms with Gasteiger partial charge < -0.3 is 15.7 Å². The molecule has 0 saturated carbocycles. The van der Waals surface area contributed by atoms with Crippen LogP contribution in [0.2, 0.25) is 0 Å². The molecule has 6 nitrogen and oxygen atoms in total. The molecule has 0 bridgehead atoms. The Morgan fingerprint density at radius 3 is 2.65 bits per heavy atom. The molecule has 0 spiro atoms. The lowest BCUT2D eigenvalue weighted by Crippen LogP contribution is -2.24. The molecule has 1 unspecified atom stereocenters. The third-order valence-electron chi connectivity index (χ3n) is 3.17. The number of nitrogens with one attached hydrogen (secondary N) is 2. The zero-order chi connectivity index (χ0) is 14.9. The fourth-order valence-corrected chi connectivity index (χ4v) is 2.03. The molecule has 0 aromatic carbocycles. The number of anilines is 1. The van der Waals surface area contributed by atoms with Crippen molar-refractivity contribution in [3.63, 3.8) is 0 Å². The van der Waals surface area contributed by atoms with Crippen LogP contribution in [0.1, 0.15) is 43.2 Å². The number of nitrogens with zero attached hydrogens (tertiary/aromatic N) is 1. The van der Waals surface area contributed by atoms with Crippen molar-refractivity contribution in [3.8, 4) is 0 Å². The third kappa shape index (κ3) is 3.26. The van der Waals surface area contributed by atoms with E-state index in [9.17, 15) is 14.7 Å². The molecule has 3 N–H and O–H groups in total. The van der Waals surface area contributed by atoms with Gasteiger partial charge in [0.25, 0.3) is 0 Å². The molecule has 6 heteroatoms. The molecule has 1 aromatic heterocycles. The largest absolute Gasteiger partial charge is 0.478 e. The molecule has 1 fully saturated rings. The van der Waals surface area contributed by atoms with Gasteiger partial charge >= 0.3 is 5.97 Å². The number of aromatic nitrogens is 1. The number of rotatable bonds is 3. The van der Waals surface area contributed by atoms with Gasteiger partial charge in [0.05, 0.1) is 11.6 Å². The van der Waals surface area contributed by atoms with E-state index in [4.69, 9.17) is 0 Å². The van der Waals surface area contributed by atoms with E-state index in [1.165, 1.54) is 6.07 Å². The summed E-state index contributed by atoms with van der Waals surface area (Å²) in [4.78, 5) is 26.8. The Morgan fingerprint density at radius 2 is 2.15 bits per heavy atom. The summed E-state index contributed by atoms with van der Waals surface area (Å²) < 4.78 is 0. The summed E-state index contributed by atoms with van der Waals surface area (Å²) in [5.74, 6) is -0.495. The second-order valence-electron chi connectivity index (χ2n) is 6.03. The first-order chi connectivity index (χ1) is 9.25. The minimum atomic E-state index is -0.985. The van der Waals surface area contributed by atoms with E-state index in [2.05, 4.69) is 15.6 Å². The Bertz CT molecular complexity index is 549. The van der Waals surface area contributed by atoms with Gasteiger partial charge in [-0.3, -0.25) is 4.79 Å². The summed E-state index contributed by atoms with van der Waals surface area (Å²) >= 11 is 0. The summed E-state index contributed by atoms with van der Waals surface area (Å²) in [5.41, 5.74) is 0.660. The van der Waals surface area contributed by atoms with E-state index in [1.54, 1.807) is 6.07 Å². The van der Waals surface area contributed by atoms with Crippen LogP contribution in [0.15, 0.2) is 12.1 Å². The maximum atomic E-state index is 11.2. The molecule has 1 aliphatic rings. The van der Waals surface area contributed by atoms with Gasteiger partial charge in [0.2, 0.25) is 5.91 Å². The van der Waals surface area contributed by atoms with Gasteiger partial charge in [0.15, 0.2) is 0 Å². The Balaban J connectivity index is 2.29. The van der Waals surface area contributed by atoms with Gasteiger partial charge in [0.1, 0.15) is 5.82 Å². The molecule has 1 aliphatic heterocycles. The standard InChI is InChI=1S/C14H19N3O3/c1-14(2,3)10-4-8(13(19)20)5-11(17-10)16-9-6-12(18)15-7-9/h4-5,9H,6-7H2,1-3H3,(H,15,18)(H,16,17)(H,19,20). The highest BCUT2D eigenvalue weighted by Crippen LogP contribution is 2.24. The summed E-state index contributed by atoms with van der Waals surface area (Å²) in [6.07, 6.45) is 0.379. The van der Waals surface area contributed by atoms with Crippen molar-refractivity contribution in [2.75, 3.05) is 11.9 Å². The molecule has 0 aliphatic carbocycles. The molecule has 1 atom stereocenters. The lowest BCUT2D eigenvalue weighted by atomic mass is 9.90. The van der Waals surface area contributed by atoms with Gasteiger partial charge in [-0.2, -0.15) is 0 Å². The van der Waals surface area contributed by atoms with Crippen LogP contribution in [0.4, 0.5) is 5.82 Å². The van der Waals surface area contributed by atoms with Gasteiger partial charge in [-0.15, -0.1) is 0 Å². The highest BCUT2D eigenvalue weighted by atomic mass is 16.4. The number of hydrogen-bond donors (Lipinski definition) is 3. The highest BCUT2D eigenvalue weighted by molar-refractivity contribution is 5.88. The third-order valence-corrected chi connectivity index (χ3v) is 3.17. The fraction of sp³-hybridized carbons (Fsp3) is 0.500. The lowest BCUT2D eigenvalue weighted by Gasteiger charge is -2.20. The Hall–Kier alpha value is -2.11. The van der Waals surface area contributed by atoms with Crippen LogP contribution in [0.5, 0.6) is 0 Å². The summed E-state index contributed by atoms with van der Waals surface area (Å²) in [5, 5.41) is 15.0. The van der Waals surface area contributed by atoms with Gasteiger partial charge in [0, 0.05) is 24.1 Å². The van der Waals surface area contributed by atoms with E-state index < -0.39 is 5.97 Å². The minimum absolute atomic E-state index is 0.00654. The Labute approximate surface area is 117 Å². The number of carboxylic acid groups (broad SMARTS) is 1. The van der Waals surface area contributed by atoms with Crippen molar-refractivity contribution >= 4 is 17.7 Å². The van der Waals surface area contributed by atoms with E-state index in [1.807, 2.05) is 20.8 Å². The number of hydrogen-bond acceptors (Lipinski definition) is 4. The quantitative estimate of drug-likeness (QED) is 0.776. The summed E-state index contributed by atoms with van der Waals surface area (Å²) in [6.45, 7) is 6.46. The Kier molecular flexibility index (Phi) is 3.65. The smallest absolute Gasteiger partial charge is 0.335 e. The summed E-state index contributed by atoms with van der Waals surface area (Å²) in [7, 11) is 0.